The second-order valence-corrected chi connectivity index (χ2v) is 9.78. The zero-order chi connectivity index (χ0) is 16.9. The fourth-order valence-corrected chi connectivity index (χ4v) is 7.84. The molecule has 4 fully saturated rings. The van der Waals surface area contributed by atoms with Crippen LogP contribution in [0, 0.1) is 34.5 Å². The number of aliphatic hydroxyl groups is 2. The average molecular weight is 332 g/mol. The van der Waals surface area contributed by atoms with Crippen LogP contribution in [0.25, 0.3) is 0 Å². The van der Waals surface area contributed by atoms with Gasteiger partial charge in [0.15, 0.2) is 0 Å². The van der Waals surface area contributed by atoms with E-state index in [9.17, 15) is 10.2 Å². The Balaban J connectivity index is 1.54. The van der Waals surface area contributed by atoms with Crippen LogP contribution in [0.4, 0.5) is 0 Å². The molecular formula is C21H32O3. The Bertz CT molecular complexity index is 586. The average Bonchev–Trinajstić information content (AvgIpc) is 3.28. The monoisotopic (exact) mass is 332 g/mol. The van der Waals surface area contributed by atoms with Crippen LogP contribution in [0.1, 0.15) is 59.3 Å². The van der Waals surface area contributed by atoms with Crippen molar-refractivity contribution in [2.45, 2.75) is 83.7 Å². The highest BCUT2D eigenvalue weighted by Crippen LogP contribution is 2.69. The maximum atomic E-state index is 11.1. The lowest BCUT2D eigenvalue weighted by Gasteiger charge is -2.59. The zero-order valence-corrected chi connectivity index (χ0v) is 15.2. The lowest BCUT2D eigenvalue weighted by Crippen LogP contribution is -2.57. The number of hydrogen-bond acceptors (Lipinski definition) is 3. The molecule has 0 spiro atoms. The number of epoxide rings is 1. The van der Waals surface area contributed by atoms with Gasteiger partial charge in [-0.15, -0.1) is 0 Å². The van der Waals surface area contributed by atoms with E-state index < -0.39 is 6.10 Å². The van der Waals surface area contributed by atoms with E-state index in [0.29, 0.717) is 23.2 Å². The highest BCUT2D eigenvalue weighted by atomic mass is 16.6. The van der Waals surface area contributed by atoms with Crippen molar-refractivity contribution in [3.63, 3.8) is 0 Å². The molecule has 0 aromatic heterocycles. The number of aliphatic hydroxyl groups excluding tert-OH is 2. The summed E-state index contributed by atoms with van der Waals surface area (Å²) in [5, 5.41) is 21.3. The maximum absolute atomic E-state index is 11.1. The van der Waals surface area contributed by atoms with Crippen LogP contribution >= 0.6 is 0 Å². The van der Waals surface area contributed by atoms with Crippen LogP contribution in [0.3, 0.4) is 0 Å². The third-order valence-corrected chi connectivity index (χ3v) is 9.18. The Kier molecular flexibility index (Phi) is 3.21. The summed E-state index contributed by atoms with van der Waals surface area (Å²) in [7, 11) is 0. The molecule has 2 N–H and O–H groups in total. The van der Waals surface area contributed by atoms with Crippen LogP contribution < -0.4 is 0 Å². The predicted molar refractivity (Wildman–Crippen MR) is 92.3 cm³/mol. The molecule has 0 aromatic rings. The van der Waals surface area contributed by atoms with Gasteiger partial charge in [-0.3, -0.25) is 0 Å². The van der Waals surface area contributed by atoms with Crippen molar-refractivity contribution < 1.29 is 14.9 Å². The van der Waals surface area contributed by atoms with Gasteiger partial charge in [-0.25, -0.2) is 0 Å². The molecule has 4 aliphatic carbocycles. The molecule has 10 atom stereocenters. The summed E-state index contributed by atoms with van der Waals surface area (Å²) < 4.78 is 5.94. The van der Waals surface area contributed by atoms with Crippen molar-refractivity contribution in [3.8, 4) is 0 Å². The van der Waals surface area contributed by atoms with E-state index in [2.05, 4.69) is 20.8 Å². The molecule has 24 heavy (non-hydrogen) atoms. The fourth-order valence-electron chi connectivity index (χ4n) is 7.84. The minimum absolute atomic E-state index is 0.00919. The third-order valence-electron chi connectivity index (χ3n) is 9.18. The number of rotatable bonds is 1. The Morgan fingerprint density at radius 2 is 1.96 bits per heavy atom. The Labute approximate surface area is 145 Å². The van der Waals surface area contributed by atoms with Crippen LogP contribution in [0.15, 0.2) is 11.6 Å². The number of hydrogen-bond donors (Lipinski definition) is 2. The Morgan fingerprint density at radius 1 is 1.17 bits per heavy atom. The molecule has 1 saturated heterocycles. The first-order valence-electron chi connectivity index (χ1n) is 10.1. The summed E-state index contributed by atoms with van der Waals surface area (Å²) in [6, 6.07) is 0. The molecular weight excluding hydrogens is 300 g/mol. The topological polar surface area (TPSA) is 53.0 Å². The summed E-state index contributed by atoms with van der Waals surface area (Å²) in [4.78, 5) is 0. The van der Waals surface area contributed by atoms with Gasteiger partial charge in [0.05, 0.1) is 12.2 Å². The largest absolute Gasteiger partial charge is 0.392 e. The molecule has 0 bridgehead atoms. The second-order valence-electron chi connectivity index (χ2n) is 9.78. The van der Waals surface area contributed by atoms with Crippen LogP contribution in [-0.2, 0) is 4.74 Å². The van der Waals surface area contributed by atoms with E-state index in [1.807, 2.05) is 6.08 Å². The van der Waals surface area contributed by atoms with Crippen LogP contribution in [0.2, 0.25) is 0 Å². The van der Waals surface area contributed by atoms with E-state index >= 15 is 0 Å². The minimum Gasteiger partial charge on any atom is -0.392 e. The molecule has 3 nitrogen and oxygen atoms in total. The van der Waals surface area contributed by atoms with Gasteiger partial charge < -0.3 is 14.9 Å². The van der Waals surface area contributed by atoms with Crippen molar-refractivity contribution in [2.75, 3.05) is 0 Å². The lowest BCUT2D eigenvalue weighted by molar-refractivity contribution is -0.111. The zero-order valence-electron chi connectivity index (χ0n) is 15.2. The van der Waals surface area contributed by atoms with Gasteiger partial charge in [-0.05, 0) is 61.2 Å². The summed E-state index contributed by atoms with van der Waals surface area (Å²) in [6.45, 7) is 7.22. The summed E-state index contributed by atoms with van der Waals surface area (Å²) in [6.07, 6.45) is 8.67. The van der Waals surface area contributed by atoms with E-state index in [1.165, 1.54) is 37.7 Å². The molecule has 4 unspecified atom stereocenters. The predicted octanol–water partition coefficient (Wildman–Crippen LogP) is 3.29. The standard InChI is InChI=1S/C21H32O3/c1-4-11-5-6-13-17-14(7-8-20(11,13)2)21(3)12(9-15(17)22)10-16(23)18-19(21)24-18/h10-11,13-19,22-23H,4-9H2,1-3H3/t11-,13-,14-,15?,16?,17-,18?,19?,20+,21-/m0/s1. The fraction of sp³-hybridized carbons (Fsp3) is 0.905. The molecule has 0 amide bonds. The van der Waals surface area contributed by atoms with E-state index in [0.717, 1.165) is 12.3 Å². The summed E-state index contributed by atoms with van der Waals surface area (Å²) in [5.74, 6) is 2.43. The van der Waals surface area contributed by atoms with Gasteiger partial charge in [0.2, 0.25) is 0 Å². The van der Waals surface area contributed by atoms with Crippen LogP contribution in [-0.4, -0.2) is 34.6 Å². The summed E-state index contributed by atoms with van der Waals surface area (Å²) >= 11 is 0. The molecule has 0 aromatic carbocycles. The first-order chi connectivity index (χ1) is 11.4. The minimum atomic E-state index is -0.466. The van der Waals surface area contributed by atoms with E-state index in [4.69, 9.17) is 4.74 Å². The van der Waals surface area contributed by atoms with Gasteiger partial charge in [0.25, 0.3) is 0 Å². The van der Waals surface area contributed by atoms with Crippen molar-refractivity contribution in [2.24, 2.45) is 34.5 Å². The lowest BCUT2D eigenvalue weighted by atomic mass is 9.46. The molecule has 3 saturated carbocycles. The van der Waals surface area contributed by atoms with Gasteiger partial charge in [-0.2, -0.15) is 0 Å². The SMILES string of the molecule is CC[C@H]1CC[C@H]2[C@@H]3C(O)CC4=CC(O)C5OC5[C@]4(C)[C@H]3CC[C@]12C. The number of ether oxygens (including phenoxy) is 1. The van der Waals surface area contributed by atoms with Crippen molar-refractivity contribution in [1.29, 1.82) is 0 Å². The van der Waals surface area contributed by atoms with Crippen LogP contribution in [0.5, 0.6) is 0 Å². The first-order valence-corrected chi connectivity index (χ1v) is 10.1. The van der Waals surface area contributed by atoms with Gasteiger partial charge >= 0.3 is 0 Å². The van der Waals surface area contributed by atoms with E-state index in [1.54, 1.807) is 0 Å². The normalized spacial score (nSPS) is 61.3. The smallest absolute Gasteiger partial charge is 0.114 e. The third kappa shape index (κ3) is 1.74. The van der Waals surface area contributed by atoms with Crippen molar-refractivity contribution in [1.82, 2.24) is 0 Å². The van der Waals surface area contributed by atoms with Gasteiger partial charge in [-0.1, -0.05) is 38.8 Å². The molecule has 1 heterocycles. The molecule has 3 heteroatoms. The van der Waals surface area contributed by atoms with E-state index in [-0.39, 0.29) is 23.7 Å². The molecule has 0 radical (unpaired) electrons. The highest BCUT2D eigenvalue weighted by Gasteiger charge is 2.68. The molecule has 5 aliphatic rings. The maximum Gasteiger partial charge on any atom is 0.114 e. The first kappa shape index (κ1) is 15.8. The Morgan fingerprint density at radius 3 is 2.71 bits per heavy atom. The van der Waals surface area contributed by atoms with Gasteiger partial charge in [0.1, 0.15) is 12.2 Å². The van der Waals surface area contributed by atoms with Crippen molar-refractivity contribution in [3.05, 3.63) is 11.6 Å². The van der Waals surface area contributed by atoms with Gasteiger partial charge in [0, 0.05) is 5.41 Å². The van der Waals surface area contributed by atoms with Crippen molar-refractivity contribution >= 4 is 0 Å². The highest BCUT2D eigenvalue weighted by molar-refractivity contribution is 5.34. The number of fused-ring (bicyclic) bond motifs is 7. The Hall–Kier alpha value is -0.380. The quantitative estimate of drug-likeness (QED) is 0.572. The second kappa shape index (κ2) is 4.86. The summed E-state index contributed by atoms with van der Waals surface area (Å²) in [5.41, 5.74) is 1.74. The molecule has 5 rings (SSSR count). The molecule has 1 aliphatic heterocycles. The molecule has 134 valence electrons.